The first-order valence-corrected chi connectivity index (χ1v) is 7.13. The number of aromatic nitrogens is 2. The van der Waals surface area contributed by atoms with Crippen LogP contribution < -0.4 is 10.6 Å². The fraction of sp³-hybridized carbons (Fsp3) is 0.533. The zero-order valence-corrected chi connectivity index (χ0v) is 11.7. The lowest BCUT2D eigenvalue weighted by Crippen LogP contribution is -2.41. The summed E-state index contributed by atoms with van der Waals surface area (Å²) in [4.78, 5) is 7.22. The van der Waals surface area contributed by atoms with E-state index in [2.05, 4.69) is 23.1 Å². The minimum Gasteiger partial charge on any atom is -0.352 e. The predicted molar refractivity (Wildman–Crippen MR) is 78.3 cm³/mol. The van der Waals surface area contributed by atoms with Crippen LogP contribution in [-0.4, -0.2) is 22.0 Å². The normalized spacial score (nSPS) is 24.1. The summed E-state index contributed by atoms with van der Waals surface area (Å²) in [5.74, 6) is 1.89. The second-order valence-corrected chi connectivity index (χ2v) is 5.69. The molecule has 4 nitrogen and oxygen atoms in total. The molecule has 2 atom stereocenters. The van der Waals surface area contributed by atoms with Gasteiger partial charge in [0.15, 0.2) is 5.82 Å². The molecule has 2 unspecified atom stereocenters. The molecule has 2 N–H and O–H groups in total. The van der Waals surface area contributed by atoms with Gasteiger partial charge in [0.1, 0.15) is 5.65 Å². The van der Waals surface area contributed by atoms with Crippen LogP contribution >= 0.6 is 0 Å². The largest absolute Gasteiger partial charge is 0.352 e. The van der Waals surface area contributed by atoms with Crippen LogP contribution in [0.3, 0.4) is 0 Å². The summed E-state index contributed by atoms with van der Waals surface area (Å²) in [5.41, 5.74) is 8.06. The summed E-state index contributed by atoms with van der Waals surface area (Å²) >= 11 is 0. The topological polar surface area (TPSA) is 46.6 Å². The van der Waals surface area contributed by atoms with E-state index >= 15 is 0 Å². The maximum atomic E-state index is 5.95. The molecule has 1 saturated heterocycles. The zero-order valence-electron chi connectivity index (χ0n) is 11.7. The van der Waals surface area contributed by atoms with Crippen molar-refractivity contribution in [3.8, 4) is 0 Å². The van der Waals surface area contributed by atoms with Gasteiger partial charge in [0.05, 0.1) is 5.69 Å². The molecule has 0 spiro atoms. The molecule has 0 radical (unpaired) electrons. The zero-order chi connectivity index (χ0) is 13.4. The van der Waals surface area contributed by atoms with Crippen LogP contribution in [0, 0.1) is 5.92 Å². The molecule has 0 bridgehead atoms. The SMILES string of the molecule is CC1CCN(c2nc3ccccn3c2CN)C(C)C1. The van der Waals surface area contributed by atoms with Crippen molar-refractivity contribution in [2.24, 2.45) is 11.7 Å². The second kappa shape index (κ2) is 4.85. The highest BCUT2D eigenvalue weighted by molar-refractivity contribution is 5.56. The standard InChI is InChI=1S/C15H22N4/c1-11-6-8-18(12(2)9-11)15-13(10-16)19-7-4-3-5-14(19)17-15/h3-5,7,11-12H,6,8-10,16H2,1-2H3. The first-order chi connectivity index (χ1) is 9.20. The van der Waals surface area contributed by atoms with Crippen LogP contribution in [0.2, 0.25) is 0 Å². The van der Waals surface area contributed by atoms with Gasteiger partial charge < -0.3 is 15.0 Å². The minimum absolute atomic E-state index is 0.527. The highest BCUT2D eigenvalue weighted by Gasteiger charge is 2.27. The average Bonchev–Trinajstić information content (AvgIpc) is 2.76. The van der Waals surface area contributed by atoms with Crippen LogP contribution in [0.15, 0.2) is 24.4 Å². The number of imidazole rings is 1. The smallest absolute Gasteiger partial charge is 0.152 e. The third-order valence-electron chi connectivity index (χ3n) is 4.21. The Morgan fingerprint density at radius 3 is 2.95 bits per heavy atom. The predicted octanol–water partition coefficient (Wildman–Crippen LogP) is 2.42. The summed E-state index contributed by atoms with van der Waals surface area (Å²) in [6.07, 6.45) is 4.52. The highest BCUT2D eigenvalue weighted by atomic mass is 15.3. The molecule has 1 fully saturated rings. The number of hydrogen-bond donors (Lipinski definition) is 1. The first kappa shape index (κ1) is 12.5. The molecule has 19 heavy (non-hydrogen) atoms. The Labute approximate surface area is 114 Å². The summed E-state index contributed by atoms with van der Waals surface area (Å²) in [5, 5.41) is 0. The summed E-state index contributed by atoms with van der Waals surface area (Å²) in [7, 11) is 0. The number of piperidine rings is 1. The molecule has 1 aliphatic rings. The summed E-state index contributed by atoms with van der Waals surface area (Å²) in [6.45, 7) is 6.24. The van der Waals surface area contributed by atoms with E-state index in [0.29, 0.717) is 12.6 Å². The van der Waals surface area contributed by atoms with Gasteiger partial charge in [-0.05, 0) is 37.8 Å². The van der Waals surface area contributed by atoms with E-state index < -0.39 is 0 Å². The van der Waals surface area contributed by atoms with Crippen molar-refractivity contribution in [3.63, 3.8) is 0 Å². The van der Waals surface area contributed by atoms with Gasteiger partial charge in [0.2, 0.25) is 0 Å². The average molecular weight is 258 g/mol. The van der Waals surface area contributed by atoms with Crippen LogP contribution in [0.5, 0.6) is 0 Å². The monoisotopic (exact) mass is 258 g/mol. The van der Waals surface area contributed by atoms with Gasteiger partial charge in [-0.1, -0.05) is 13.0 Å². The van der Waals surface area contributed by atoms with Crippen molar-refractivity contribution >= 4 is 11.5 Å². The van der Waals surface area contributed by atoms with Crippen molar-refractivity contribution < 1.29 is 0 Å². The Morgan fingerprint density at radius 1 is 1.37 bits per heavy atom. The number of fused-ring (bicyclic) bond motifs is 1. The lowest BCUT2D eigenvalue weighted by Gasteiger charge is -2.37. The number of rotatable bonds is 2. The van der Waals surface area contributed by atoms with Gasteiger partial charge in [-0.2, -0.15) is 0 Å². The third kappa shape index (κ3) is 2.10. The molecule has 0 aliphatic carbocycles. The maximum Gasteiger partial charge on any atom is 0.152 e. The Balaban J connectivity index is 2.04. The fourth-order valence-electron chi connectivity index (χ4n) is 3.18. The molecule has 2 aromatic rings. The summed E-state index contributed by atoms with van der Waals surface area (Å²) < 4.78 is 2.11. The Bertz CT molecular complexity index is 575. The van der Waals surface area contributed by atoms with Crippen LogP contribution in [0.1, 0.15) is 32.4 Å². The second-order valence-electron chi connectivity index (χ2n) is 5.69. The summed E-state index contributed by atoms with van der Waals surface area (Å²) in [6, 6.07) is 6.63. The molecule has 0 amide bonds. The van der Waals surface area contributed by atoms with Crippen molar-refractivity contribution in [1.29, 1.82) is 0 Å². The van der Waals surface area contributed by atoms with E-state index in [1.54, 1.807) is 0 Å². The van der Waals surface area contributed by atoms with Crippen LogP contribution in [0.25, 0.3) is 5.65 Å². The van der Waals surface area contributed by atoms with E-state index in [1.165, 1.54) is 12.8 Å². The van der Waals surface area contributed by atoms with E-state index in [4.69, 9.17) is 10.7 Å². The molecule has 0 saturated carbocycles. The molecular weight excluding hydrogens is 236 g/mol. The van der Waals surface area contributed by atoms with Crippen molar-refractivity contribution in [1.82, 2.24) is 9.38 Å². The quantitative estimate of drug-likeness (QED) is 0.900. The lowest BCUT2D eigenvalue weighted by atomic mass is 9.93. The Kier molecular flexibility index (Phi) is 3.19. The van der Waals surface area contributed by atoms with E-state index in [1.807, 2.05) is 24.4 Å². The van der Waals surface area contributed by atoms with Gasteiger partial charge in [-0.15, -0.1) is 0 Å². The van der Waals surface area contributed by atoms with Crippen molar-refractivity contribution in [2.75, 3.05) is 11.4 Å². The van der Waals surface area contributed by atoms with Gasteiger partial charge in [-0.3, -0.25) is 0 Å². The molecule has 102 valence electrons. The Hall–Kier alpha value is -1.55. The molecule has 2 aromatic heterocycles. The molecule has 3 rings (SSSR count). The van der Waals surface area contributed by atoms with Gasteiger partial charge >= 0.3 is 0 Å². The third-order valence-corrected chi connectivity index (χ3v) is 4.21. The number of hydrogen-bond acceptors (Lipinski definition) is 3. The molecule has 0 aromatic carbocycles. The van der Waals surface area contributed by atoms with E-state index in [0.717, 1.165) is 29.6 Å². The first-order valence-electron chi connectivity index (χ1n) is 7.13. The number of pyridine rings is 1. The number of nitrogens with two attached hydrogens (primary N) is 1. The molecule has 1 aliphatic heterocycles. The van der Waals surface area contributed by atoms with Crippen molar-refractivity contribution in [3.05, 3.63) is 30.1 Å². The Morgan fingerprint density at radius 2 is 2.21 bits per heavy atom. The van der Waals surface area contributed by atoms with E-state index in [-0.39, 0.29) is 0 Å². The molecular formula is C15H22N4. The highest BCUT2D eigenvalue weighted by Crippen LogP contribution is 2.30. The maximum absolute atomic E-state index is 5.95. The molecule has 3 heterocycles. The number of anilines is 1. The number of nitrogens with zero attached hydrogens (tertiary/aromatic N) is 3. The van der Waals surface area contributed by atoms with Gasteiger partial charge in [-0.25, -0.2) is 4.98 Å². The molecule has 4 heteroatoms. The van der Waals surface area contributed by atoms with Crippen LogP contribution in [-0.2, 0) is 6.54 Å². The van der Waals surface area contributed by atoms with Crippen LogP contribution in [0.4, 0.5) is 5.82 Å². The van der Waals surface area contributed by atoms with Crippen molar-refractivity contribution in [2.45, 2.75) is 39.3 Å². The lowest BCUT2D eigenvalue weighted by molar-refractivity contribution is 0.375. The fourth-order valence-corrected chi connectivity index (χ4v) is 3.18. The van der Waals surface area contributed by atoms with Gasteiger partial charge in [0.25, 0.3) is 0 Å². The van der Waals surface area contributed by atoms with E-state index in [9.17, 15) is 0 Å². The minimum atomic E-state index is 0.527. The van der Waals surface area contributed by atoms with Gasteiger partial charge in [0, 0.05) is 25.3 Å².